The molecule has 0 saturated heterocycles. The number of amides is 1. The smallest absolute Gasteiger partial charge is 0.264 e. The van der Waals surface area contributed by atoms with E-state index in [0.29, 0.717) is 20.9 Å². The number of halogens is 2. The van der Waals surface area contributed by atoms with Crippen LogP contribution in [0.25, 0.3) is 0 Å². The average molecular weight is 480 g/mol. The first-order valence-electron chi connectivity index (χ1n) is 8.25. The van der Waals surface area contributed by atoms with Crippen LogP contribution in [0.3, 0.4) is 0 Å². The highest BCUT2D eigenvalue weighted by atomic mass is 79.9. The second-order valence-electron chi connectivity index (χ2n) is 5.83. The molecule has 0 heterocycles. The minimum absolute atomic E-state index is 0.0977. The summed E-state index contributed by atoms with van der Waals surface area (Å²) in [6.07, 6.45) is 0. The second kappa shape index (κ2) is 8.77. The number of rotatable bonds is 6. The number of benzene rings is 3. The van der Waals surface area contributed by atoms with Crippen LogP contribution in [-0.2, 0) is 14.8 Å². The number of hydrogen-bond donors (Lipinski definition) is 1. The predicted molar refractivity (Wildman–Crippen MR) is 115 cm³/mol. The van der Waals surface area contributed by atoms with Crippen LogP contribution in [0.4, 0.5) is 11.4 Å². The van der Waals surface area contributed by atoms with Crippen molar-refractivity contribution < 1.29 is 13.2 Å². The molecule has 0 aliphatic carbocycles. The standard InChI is InChI=1S/C20H16BrClN2O3S/c21-15-7-6-8-16(13-15)24(28(26,27)17-9-2-1-3-10-17)14-20(25)23-19-12-5-4-11-18(19)22/h1-13H,14H2,(H,23,25). The lowest BCUT2D eigenvalue weighted by Gasteiger charge is -2.24. The molecule has 3 rings (SSSR count). The van der Waals surface area contributed by atoms with E-state index in [2.05, 4.69) is 21.2 Å². The second-order valence-corrected chi connectivity index (χ2v) is 9.02. The first-order valence-corrected chi connectivity index (χ1v) is 10.9. The van der Waals surface area contributed by atoms with Gasteiger partial charge in [0.25, 0.3) is 10.0 Å². The van der Waals surface area contributed by atoms with Gasteiger partial charge < -0.3 is 5.32 Å². The van der Waals surface area contributed by atoms with E-state index < -0.39 is 22.5 Å². The molecule has 144 valence electrons. The van der Waals surface area contributed by atoms with Crippen molar-refractivity contribution in [1.29, 1.82) is 0 Å². The molecule has 0 aliphatic rings. The summed E-state index contributed by atoms with van der Waals surface area (Å²) in [7, 11) is -3.95. The van der Waals surface area contributed by atoms with Crippen molar-refractivity contribution in [2.75, 3.05) is 16.2 Å². The van der Waals surface area contributed by atoms with Crippen molar-refractivity contribution in [3.63, 3.8) is 0 Å². The highest BCUT2D eigenvalue weighted by Crippen LogP contribution is 2.27. The van der Waals surface area contributed by atoms with Crippen LogP contribution in [0.5, 0.6) is 0 Å². The molecule has 8 heteroatoms. The van der Waals surface area contributed by atoms with E-state index in [0.717, 1.165) is 4.31 Å². The monoisotopic (exact) mass is 478 g/mol. The molecule has 3 aromatic rings. The Balaban J connectivity index is 1.95. The molecule has 1 N–H and O–H groups in total. The lowest BCUT2D eigenvalue weighted by molar-refractivity contribution is -0.114. The highest BCUT2D eigenvalue weighted by molar-refractivity contribution is 9.10. The lowest BCUT2D eigenvalue weighted by atomic mass is 10.3. The molecule has 0 saturated carbocycles. The van der Waals surface area contributed by atoms with Gasteiger partial charge in [0.1, 0.15) is 6.54 Å². The molecular weight excluding hydrogens is 464 g/mol. The Morgan fingerprint density at radius 3 is 2.32 bits per heavy atom. The van der Waals surface area contributed by atoms with Gasteiger partial charge in [0.15, 0.2) is 0 Å². The fraction of sp³-hybridized carbons (Fsp3) is 0.0500. The number of para-hydroxylation sites is 1. The van der Waals surface area contributed by atoms with Crippen LogP contribution in [0.2, 0.25) is 5.02 Å². The Morgan fingerprint density at radius 2 is 1.64 bits per heavy atom. The summed E-state index contributed by atoms with van der Waals surface area (Å²) in [6.45, 7) is -0.404. The van der Waals surface area contributed by atoms with Gasteiger partial charge in [0, 0.05) is 4.47 Å². The normalized spacial score (nSPS) is 11.1. The number of anilines is 2. The fourth-order valence-electron chi connectivity index (χ4n) is 2.55. The van der Waals surface area contributed by atoms with Crippen molar-refractivity contribution >= 4 is 54.8 Å². The maximum Gasteiger partial charge on any atom is 0.264 e. The highest BCUT2D eigenvalue weighted by Gasteiger charge is 2.27. The Kier molecular flexibility index (Phi) is 6.39. The Bertz CT molecular complexity index is 1090. The summed E-state index contributed by atoms with van der Waals surface area (Å²) < 4.78 is 28.2. The van der Waals surface area contributed by atoms with E-state index in [-0.39, 0.29) is 4.90 Å². The van der Waals surface area contributed by atoms with Crippen molar-refractivity contribution in [2.45, 2.75) is 4.90 Å². The lowest BCUT2D eigenvalue weighted by Crippen LogP contribution is -2.38. The first-order chi connectivity index (χ1) is 13.4. The van der Waals surface area contributed by atoms with Gasteiger partial charge in [0.2, 0.25) is 5.91 Å². The third-order valence-electron chi connectivity index (χ3n) is 3.86. The van der Waals surface area contributed by atoms with Crippen LogP contribution in [0, 0.1) is 0 Å². The number of carbonyl (C=O) groups is 1. The van der Waals surface area contributed by atoms with Gasteiger partial charge in [-0.1, -0.05) is 63.9 Å². The zero-order valence-electron chi connectivity index (χ0n) is 14.5. The summed E-state index contributed by atoms with van der Waals surface area (Å²) in [5, 5.41) is 3.03. The van der Waals surface area contributed by atoms with Crippen LogP contribution in [0.15, 0.2) is 88.2 Å². The van der Waals surface area contributed by atoms with Crippen molar-refractivity contribution in [2.24, 2.45) is 0 Å². The summed E-state index contributed by atoms with van der Waals surface area (Å²) in [5.74, 6) is -0.507. The molecule has 28 heavy (non-hydrogen) atoms. The summed E-state index contributed by atoms with van der Waals surface area (Å²) in [4.78, 5) is 12.7. The van der Waals surface area contributed by atoms with Gasteiger partial charge in [-0.05, 0) is 42.5 Å². The van der Waals surface area contributed by atoms with Crippen molar-refractivity contribution in [1.82, 2.24) is 0 Å². The molecule has 0 bridgehead atoms. The minimum Gasteiger partial charge on any atom is -0.323 e. The molecular formula is C20H16BrClN2O3S. The number of sulfonamides is 1. The summed E-state index contributed by atoms with van der Waals surface area (Å²) in [6, 6.07) is 21.5. The molecule has 0 unspecified atom stereocenters. The van der Waals surface area contributed by atoms with Crippen molar-refractivity contribution in [3.05, 3.63) is 88.4 Å². The topological polar surface area (TPSA) is 66.5 Å². The van der Waals surface area contributed by atoms with E-state index in [1.807, 2.05) is 0 Å². The SMILES string of the molecule is O=C(CN(c1cccc(Br)c1)S(=O)(=O)c1ccccc1)Nc1ccccc1Cl. The first kappa shape index (κ1) is 20.4. The third kappa shape index (κ3) is 4.73. The average Bonchev–Trinajstić information content (AvgIpc) is 2.68. The van der Waals surface area contributed by atoms with Gasteiger partial charge in [-0.2, -0.15) is 0 Å². The predicted octanol–water partition coefficient (Wildman–Crippen LogP) is 4.94. The van der Waals surface area contributed by atoms with E-state index in [1.165, 1.54) is 12.1 Å². The van der Waals surface area contributed by atoms with E-state index in [1.54, 1.807) is 66.7 Å². The summed E-state index contributed by atoms with van der Waals surface area (Å²) >= 11 is 9.42. The largest absolute Gasteiger partial charge is 0.323 e. The molecule has 0 atom stereocenters. The molecule has 1 amide bonds. The molecule has 0 radical (unpaired) electrons. The van der Waals surface area contributed by atoms with Crippen molar-refractivity contribution in [3.8, 4) is 0 Å². The number of nitrogens with one attached hydrogen (secondary N) is 1. The molecule has 5 nitrogen and oxygen atoms in total. The molecule has 3 aromatic carbocycles. The van der Waals surface area contributed by atoms with Gasteiger partial charge in [-0.25, -0.2) is 8.42 Å². The molecule has 0 spiro atoms. The van der Waals surface area contributed by atoms with Crippen LogP contribution >= 0.6 is 27.5 Å². The molecule has 0 aliphatic heterocycles. The zero-order valence-corrected chi connectivity index (χ0v) is 17.7. The molecule has 0 fully saturated rings. The Hall–Kier alpha value is -2.35. The van der Waals surface area contributed by atoms with Gasteiger partial charge >= 0.3 is 0 Å². The Labute approximate surface area is 177 Å². The van der Waals surface area contributed by atoms with E-state index >= 15 is 0 Å². The molecule has 0 aromatic heterocycles. The quantitative estimate of drug-likeness (QED) is 0.545. The van der Waals surface area contributed by atoms with Gasteiger partial charge in [-0.15, -0.1) is 0 Å². The maximum absolute atomic E-state index is 13.2. The maximum atomic E-state index is 13.2. The summed E-state index contributed by atoms with van der Waals surface area (Å²) in [5.41, 5.74) is 0.785. The number of hydrogen-bond acceptors (Lipinski definition) is 3. The van der Waals surface area contributed by atoms with E-state index in [4.69, 9.17) is 11.6 Å². The van der Waals surface area contributed by atoms with Crippen LogP contribution in [0.1, 0.15) is 0 Å². The number of nitrogens with zero attached hydrogens (tertiary/aromatic N) is 1. The Morgan fingerprint density at radius 1 is 0.964 bits per heavy atom. The van der Waals surface area contributed by atoms with Gasteiger partial charge in [0.05, 0.1) is 21.3 Å². The minimum atomic E-state index is -3.95. The van der Waals surface area contributed by atoms with Gasteiger partial charge in [-0.3, -0.25) is 9.10 Å². The van der Waals surface area contributed by atoms with Crippen LogP contribution < -0.4 is 9.62 Å². The van der Waals surface area contributed by atoms with Crippen LogP contribution in [-0.4, -0.2) is 20.9 Å². The zero-order chi connectivity index (χ0) is 20.1. The van der Waals surface area contributed by atoms with E-state index in [9.17, 15) is 13.2 Å². The third-order valence-corrected chi connectivity index (χ3v) is 6.47. The number of carbonyl (C=O) groups excluding carboxylic acids is 1. The fourth-order valence-corrected chi connectivity index (χ4v) is 4.55.